The number of amides is 2. The first-order chi connectivity index (χ1) is 16.5. The number of rotatable bonds is 9. The van der Waals surface area contributed by atoms with Crippen LogP contribution in [0.15, 0.2) is 30.3 Å². The predicted molar refractivity (Wildman–Crippen MR) is 125 cm³/mol. The van der Waals surface area contributed by atoms with Crippen molar-refractivity contribution in [3.8, 4) is 5.75 Å². The van der Waals surface area contributed by atoms with Crippen molar-refractivity contribution in [3.05, 3.63) is 53.0 Å². The summed E-state index contributed by atoms with van der Waals surface area (Å²) in [4.78, 5) is 33.5. The summed E-state index contributed by atoms with van der Waals surface area (Å²) in [6.45, 7) is 4.40. The first-order valence-electron chi connectivity index (χ1n) is 11.9. The number of phenolic OH excluding ortho intramolecular Hbond substituents is 1. The molecule has 2 aromatic rings. The van der Waals surface area contributed by atoms with Crippen LogP contribution in [0.1, 0.15) is 49.0 Å². The van der Waals surface area contributed by atoms with E-state index >= 15 is 0 Å². The molecule has 4 rings (SSSR count). The lowest BCUT2D eigenvalue weighted by Crippen LogP contribution is -2.36. The van der Waals surface area contributed by atoms with Crippen molar-refractivity contribution in [1.29, 1.82) is 0 Å². The van der Waals surface area contributed by atoms with E-state index in [0.29, 0.717) is 25.2 Å². The largest absolute Gasteiger partial charge is 0.505 e. The average Bonchev–Trinajstić information content (AvgIpc) is 3.19. The van der Waals surface area contributed by atoms with E-state index in [2.05, 4.69) is 17.4 Å². The number of esters is 1. The molecule has 1 aromatic heterocycles. The summed E-state index contributed by atoms with van der Waals surface area (Å²) in [7, 11) is 0. The van der Waals surface area contributed by atoms with Crippen molar-refractivity contribution in [1.82, 2.24) is 14.8 Å². The van der Waals surface area contributed by atoms with E-state index in [0.717, 1.165) is 43.7 Å². The van der Waals surface area contributed by atoms with Crippen molar-refractivity contribution in [2.24, 2.45) is 0 Å². The maximum atomic E-state index is 14.0. The molecule has 0 spiro atoms. The van der Waals surface area contributed by atoms with Gasteiger partial charge in [0.25, 0.3) is 0 Å². The third-order valence-corrected chi connectivity index (χ3v) is 6.34. The third kappa shape index (κ3) is 5.40. The van der Waals surface area contributed by atoms with Crippen molar-refractivity contribution >= 4 is 17.8 Å². The predicted octanol–water partition coefficient (Wildman–Crippen LogP) is 3.65. The smallest absolute Gasteiger partial charge is 0.320 e. The number of urea groups is 1. The van der Waals surface area contributed by atoms with Gasteiger partial charge in [0.1, 0.15) is 5.82 Å². The number of fused-ring (bicyclic) bond motifs is 1. The second kappa shape index (κ2) is 10.7. The van der Waals surface area contributed by atoms with E-state index in [-0.39, 0.29) is 19.1 Å². The number of anilines is 1. The van der Waals surface area contributed by atoms with Crippen LogP contribution in [0.4, 0.5) is 15.0 Å². The summed E-state index contributed by atoms with van der Waals surface area (Å²) >= 11 is 0. The lowest BCUT2D eigenvalue weighted by Gasteiger charge is -2.28. The van der Waals surface area contributed by atoms with Gasteiger partial charge in [0, 0.05) is 31.9 Å². The van der Waals surface area contributed by atoms with E-state index in [4.69, 9.17) is 9.72 Å². The van der Waals surface area contributed by atoms with E-state index in [1.807, 2.05) is 0 Å². The molecular formula is C25H31FN4O4. The van der Waals surface area contributed by atoms with Crippen LogP contribution >= 0.6 is 0 Å². The van der Waals surface area contributed by atoms with Gasteiger partial charge in [-0.1, -0.05) is 12.1 Å². The number of hydrogen-bond acceptors (Lipinski definition) is 6. The molecule has 1 atom stereocenters. The van der Waals surface area contributed by atoms with Crippen molar-refractivity contribution in [2.75, 3.05) is 38.1 Å². The average molecular weight is 471 g/mol. The number of phenols is 1. The van der Waals surface area contributed by atoms with Crippen LogP contribution in [-0.4, -0.2) is 64.7 Å². The van der Waals surface area contributed by atoms with E-state index in [9.17, 15) is 19.1 Å². The van der Waals surface area contributed by atoms with Crippen LogP contribution in [0, 0.1) is 5.82 Å². The van der Waals surface area contributed by atoms with E-state index in [1.165, 1.54) is 23.8 Å². The molecule has 0 saturated carbocycles. The molecule has 1 fully saturated rings. The quantitative estimate of drug-likeness (QED) is 0.544. The fraction of sp³-hybridized carbons (Fsp3) is 0.480. The summed E-state index contributed by atoms with van der Waals surface area (Å²) in [6, 6.07) is 7.27. The Morgan fingerprint density at radius 2 is 2.15 bits per heavy atom. The zero-order chi connectivity index (χ0) is 24.1. The molecule has 34 heavy (non-hydrogen) atoms. The molecule has 2 aliphatic heterocycles. The number of aromatic nitrogens is 1. The number of aryl methyl sites for hydroxylation is 2. The number of hydrogen-bond donors (Lipinski definition) is 2. The molecule has 182 valence electrons. The second-order valence-corrected chi connectivity index (χ2v) is 8.64. The standard InChI is InChI=1S/C25H31FN4O4/c1-2-34-23(32)16-21(18-8-10-22(31)20(26)15-18)30-14-13-29(25(30)33)12-4-6-19-9-7-17-5-3-11-27-24(17)28-19/h7-10,15,21,31H,2-6,11-14,16H2,1H3,(H,27,28)/t21-/m0/s1. The van der Waals surface area contributed by atoms with Gasteiger partial charge in [0.15, 0.2) is 11.6 Å². The van der Waals surface area contributed by atoms with Gasteiger partial charge in [-0.2, -0.15) is 0 Å². The lowest BCUT2D eigenvalue weighted by atomic mass is 10.0. The highest BCUT2D eigenvalue weighted by Crippen LogP contribution is 2.31. The molecular weight excluding hydrogens is 439 g/mol. The summed E-state index contributed by atoms with van der Waals surface area (Å²) in [5, 5.41) is 12.9. The summed E-state index contributed by atoms with van der Waals surface area (Å²) < 4.78 is 19.1. The number of ether oxygens (including phenoxy) is 1. The first kappa shape index (κ1) is 23.8. The minimum atomic E-state index is -0.790. The monoisotopic (exact) mass is 470 g/mol. The van der Waals surface area contributed by atoms with Gasteiger partial charge in [-0.3, -0.25) is 4.79 Å². The molecule has 2 N–H and O–H groups in total. The van der Waals surface area contributed by atoms with Crippen LogP contribution < -0.4 is 5.32 Å². The Morgan fingerprint density at radius 1 is 1.29 bits per heavy atom. The van der Waals surface area contributed by atoms with Crippen LogP contribution in [0.5, 0.6) is 5.75 Å². The summed E-state index contributed by atoms with van der Waals surface area (Å²) in [5.74, 6) is -0.754. The molecule has 1 saturated heterocycles. The van der Waals surface area contributed by atoms with E-state index < -0.39 is 23.6 Å². The number of carbonyl (C=O) groups is 2. The number of pyridine rings is 1. The Balaban J connectivity index is 1.39. The molecule has 1 aromatic carbocycles. The Morgan fingerprint density at radius 3 is 2.94 bits per heavy atom. The van der Waals surface area contributed by atoms with Gasteiger partial charge in [0.2, 0.25) is 0 Å². The van der Waals surface area contributed by atoms with Gasteiger partial charge in [0.05, 0.1) is 19.1 Å². The maximum Gasteiger partial charge on any atom is 0.320 e. The van der Waals surface area contributed by atoms with Crippen LogP contribution in [0.2, 0.25) is 0 Å². The highest BCUT2D eigenvalue weighted by Gasteiger charge is 2.36. The Hall–Kier alpha value is -3.36. The van der Waals surface area contributed by atoms with Gasteiger partial charge in [-0.15, -0.1) is 0 Å². The summed E-state index contributed by atoms with van der Waals surface area (Å²) in [5.41, 5.74) is 2.69. The molecule has 2 aliphatic rings. The fourth-order valence-corrected chi connectivity index (χ4v) is 4.57. The highest BCUT2D eigenvalue weighted by molar-refractivity contribution is 5.78. The first-order valence-corrected chi connectivity index (χ1v) is 11.9. The second-order valence-electron chi connectivity index (χ2n) is 8.64. The topological polar surface area (TPSA) is 95.0 Å². The lowest BCUT2D eigenvalue weighted by molar-refractivity contribution is -0.144. The molecule has 0 radical (unpaired) electrons. The van der Waals surface area contributed by atoms with Crippen molar-refractivity contribution in [3.63, 3.8) is 0 Å². The third-order valence-electron chi connectivity index (χ3n) is 6.34. The Kier molecular flexibility index (Phi) is 7.49. The number of carbonyl (C=O) groups excluding carboxylic acids is 2. The molecule has 8 nitrogen and oxygen atoms in total. The number of aromatic hydroxyl groups is 1. The molecule has 2 amide bonds. The van der Waals surface area contributed by atoms with Crippen LogP contribution in [0.25, 0.3) is 0 Å². The zero-order valence-electron chi connectivity index (χ0n) is 19.4. The number of benzene rings is 1. The van der Waals surface area contributed by atoms with Crippen molar-refractivity contribution in [2.45, 2.75) is 45.1 Å². The number of halogens is 1. The van der Waals surface area contributed by atoms with Gasteiger partial charge in [-0.25, -0.2) is 14.2 Å². The van der Waals surface area contributed by atoms with Crippen LogP contribution in [-0.2, 0) is 22.4 Å². The number of nitrogens with zero attached hydrogens (tertiary/aromatic N) is 3. The Labute approximate surface area is 198 Å². The summed E-state index contributed by atoms with van der Waals surface area (Å²) in [6.07, 6.45) is 3.61. The molecule has 3 heterocycles. The fourth-order valence-electron chi connectivity index (χ4n) is 4.57. The van der Waals surface area contributed by atoms with Crippen molar-refractivity contribution < 1.29 is 23.8 Å². The SMILES string of the molecule is CCOC(=O)C[C@@H](c1ccc(O)c(F)c1)N1CCN(CCCc2ccc3c(n2)NCCC3)C1=O. The Bertz CT molecular complexity index is 1050. The minimum absolute atomic E-state index is 0.0797. The highest BCUT2D eigenvalue weighted by atomic mass is 19.1. The van der Waals surface area contributed by atoms with Gasteiger partial charge in [-0.05, 0) is 61.9 Å². The molecule has 0 bridgehead atoms. The molecule has 0 unspecified atom stereocenters. The molecule has 9 heteroatoms. The minimum Gasteiger partial charge on any atom is -0.505 e. The maximum absolute atomic E-state index is 14.0. The van der Waals surface area contributed by atoms with Crippen LogP contribution in [0.3, 0.4) is 0 Å². The van der Waals surface area contributed by atoms with Gasteiger partial charge >= 0.3 is 12.0 Å². The zero-order valence-corrected chi connectivity index (χ0v) is 19.4. The normalized spacial score (nSPS) is 16.2. The molecule has 0 aliphatic carbocycles. The number of nitrogens with one attached hydrogen (secondary N) is 1. The van der Waals surface area contributed by atoms with Gasteiger partial charge < -0.3 is 25.0 Å². The van der Waals surface area contributed by atoms with E-state index in [1.54, 1.807) is 16.7 Å².